The molecule has 0 aliphatic rings. The molecule has 1 rings (SSSR count). The minimum absolute atomic E-state index is 0.0497. The molecule has 0 spiro atoms. The van der Waals surface area contributed by atoms with Crippen LogP contribution in [0.5, 0.6) is 11.5 Å². The van der Waals surface area contributed by atoms with Crippen molar-refractivity contribution in [2.75, 3.05) is 19.8 Å². The molecular formula is C16H18Cl4O3. The fraction of sp³-hybridized carbons (Fsp3) is 0.375. The summed E-state index contributed by atoms with van der Waals surface area (Å²) in [5, 5.41) is 0. The van der Waals surface area contributed by atoms with Gasteiger partial charge in [-0.3, -0.25) is 0 Å². The molecule has 1 atom stereocenters. The first-order valence-corrected chi connectivity index (χ1v) is 8.48. The zero-order valence-electron chi connectivity index (χ0n) is 12.6. The molecule has 0 radical (unpaired) electrons. The summed E-state index contributed by atoms with van der Waals surface area (Å²) in [5.74, 6) is 1.48. The van der Waals surface area contributed by atoms with Crippen LogP contribution in [0.15, 0.2) is 45.4 Å². The minimum atomic E-state index is 0.0497. The molecule has 0 amide bonds. The number of benzene rings is 1. The largest absolute Gasteiger partial charge is 0.493 e. The van der Waals surface area contributed by atoms with Crippen LogP contribution < -0.4 is 9.47 Å². The molecule has 0 N–H and O–H groups in total. The van der Waals surface area contributed by atoms with Gasteiger partial charge in [-0.1, -0.05) is 46.4 Å². The van der Waals surface area contributed by atoms with Gasteiger partial charge in [-0.05, 0) is 43.3 Å². The summed E-state index contributed by atoms with van der Waals surface area (Å²) in [6, 6.07) is 7.31. The standard InChI is InChI=1S/C16H18Cl4O3/c1-12(21-10-7-15(17)18)6-9-22-13-2-4-14(5-3-13)23-11-8-16(19)20/h2-5,7-8,12H,6,9-11H2,1H3. The Hall–Kier alpha value is -0.580. The predicted molar refractivity (Wildman–Crippen MR) is 97.0 cm³/mol. The summed E-state index contributed by atoms with van der Waals surface area (Å²) >= 11 is 22.0. The summed E-state index contributed by atoms with van der Waals surface area (Å²) in [4.78, 5) is 0. The SMILES string of the molecule is CC(CCOc1ccc(OCC=C(Cl)Cl)cc1)OCC=C(Cl)Cl. The molecule has 1 aromatic carbocycles. The second kappa shape index (κ2) is 11.9. The van der Waals surface area contributed by atoms with Crippen molar-refractivity contribution in [3.63, 3.8) is 0 Å². The van der Waals surface area contributed by atoms with E-state index in [-0.39, 0.29) is 15.1 Å². The van der Waals surface area contributed by atoms with Gasteiger partial charge in [-0.25, -0.2) is 0 Å². The Balaban J connectivity index is 2.25. The van der Waals surface area contributed by atoms with Gasteiger partial charge in [-0.15, -0.1) is 0 Å². The lowest BCUT2D eigenvalue weighted by Crippen LogP contribution is -2.13. The highest BCUT2D eigenvalue weighted by Gasteiger charge is 2.03. The molecule has 0 saturated carbocycles. The Labute approximate surface area is 156 Å². The minimum Gasteiger partial charge on any atom is -0.493 e. The highest BCUT2D eigenvalue weighted by Crippen LogP contribution is 2.18. The molecule has 23 heavy (non-hydrogen) atoms. The topological polar surface area (TPSA) is 27.7 Å². The van der Waals surface area contributed by atoms with E-state index in [1.807, 2.05) is 31.2 Å². The Kier molecular flexibility index (Phi) is 10.6. The van der Waals surface area contributed by atoms with Crippen molar-refractivity contribution in [1.82, 2.24) is 0 Å². The number of halogens is 4. The number of hydrogen-bond acceptors (Lipinski definition) is 3. The molecule has 3 nitrogen and oxygen atoms in total. The first-order valence-electron chi connectivity index (χ1n) is 6.97. The van der Waals surface area contributed by atoms with E-state index in [0.29, 0.717) is 25.6 Å². The molecule has 0 aliphatic heterocycles. The lowest BCUT2D eigenvalue weighted by molar-refractivity contribution is 0.0700. The van der Waals surface area contributed by atoms with Crippen molar-refractivity contribution in [2.45, 2.75) is 19.4 Å². The van der Waals surface area contributed by atoms with Crippen LogP contribution in [0.2, 0.25) is 0 Å². The van der Waals surface area contributed by atoms with E-state index in [1.54, 1.807) is 12.2 Å². The summed E-state index contributed by atoms with van der Waals surface area (Å²) in [6.45, 7) is 3.21. The van der Waals surface area contributed by atoms with Crippen molar-refractivity contribution in [2.24, 2.45) is 0 Å². The van der Waals surface area contributed by atoms with Gasteiger partial charge in [0.05, 0.1) is 19.3 Å². The van der Waals surface area contributed by atoms with Crippen LogP contribution in [0.3, 0.4) is 0 Å². The third-order valence-corrected chi connectivity index (χ3v) is 3.34. The summed E-state index contributed by atoms with van der Waals surface area (Å²) in [6.07, 6.45) is 3.98. The Morgan fingerprint density at radius 3 is 2.00 bits per heavy atom. The number of ether oxygens (including phenoxy) is 3. The third-order valence-electron chi connectivity index (χ3n) is 2.72. The molecule has 7 heteroatoms. The Morgan fingerprint density at radius 2 is 1.43 bits per heavy atom. The van der Waals surface area contributed by atoms with Crippen LogP contribution in [0.4, 0.5) is 0 Å². The van der Waals surface area contributed by atoms with E-state index in [0.717, 1.165) is 12.2 Å². The van der Waals surface area contributed by atoms with E-state index in [4.69, 9.17) is 60.6 Å². The van der Waals surface area contributed by atoms with Crippen LogP contribution >= 0.6 is 46.4 Å². The fourth-order valence-corrected chi connectivity index (χ4v) is 1.79. The summed E-state index contributed by atoms with van der Waals surface area (Å²) in [5.41, 5.74) is 0. The lowest BCUT2D eigenvalue weighted by Gasteiger charge is -2.13. The van der Waals surface area contributed by atoms with Crippen molar-refractivity contribution in [3.8, 4) is 11.5 Å². The van der Waals surface area contributed by atoms with Crippen LogP contribution in [0.1, 0.15) is 13.3 Å². The maximum absolute atomic E-state index is 5.64. The Bertz CT molecular complexity index is 507. The molecular weight excluding hydrogens is 382 g/mol. The normalized spacial score (nSPS) is 11.5. The molecule has 0 aliphatic carbocycles. The number of hydrogen-bond donors (Lipinski definition) is 0. The van der Waals surface area contributed by atoms with Gasteiger partial charge < -0.3 is 14.2 Å². The molecule has 0 aromatic heterocycles. The fourth-order valence-electron chi connectivity index (χ4n) is 1.53. The van der Waals surface area contributed by atoms with Crippen LogP contribution in [0.25, 0.3) is 0 Å². The predicted octanol–water partition coefficient (Wildman–Crippen LogP) is 5.88. The molecule has 0 bridgehead atoms. The van der Waals surface area contributed by atoms with Crippen molar-refractivity contribution >= 4 is 46.4 Å². The summed E-state index contributed by atoms with van der Waals surface area (Å²) < 4.78 is 17.0. The second-order valence-electron chi connectivity index (χ2n) is 4.55. The smallest absolute Gasteiger partial charge is 0.120 e. The first kappa shape index (κ1) is 20.5. The first-order chi connectivity index (χ1) is 11.0. The maximum atomic E-state index is 5.64. The van der Waals surface area contributed by atoms with Crippen molar-refractivity contribution in [1.29, 1.82) is 0 Å². The number of rotatable bonds is 10. The molecule has 0 fully saturated rings. The van der Waals surface area contributed by atoms with Gasteiger partial charge in [0, 0.05) is 6.42 Å². The van der Waals surface area contributed by atoms with Gasteiger partial charge in [0.2, 0.25) is 0 Å². The molecule has 0 heterocycles. The average Bonchev–Trinajstić information content (AvgIpc) is 2.48. The van der Waals surface area contributed by atoms with E-state index in [9.17, 15) is 0 Å². The molecule has 1 unspecified atom stereocenters. The van der Waals surface area contributed by atoms with Crippen LogP contribution in [-0.4, -0.2) is 25.9 Å². The van der Waals surface area contributed by atoms with Gasteiger partial charge in [0.25, 0.3) is 0 Å². The lowest BCUT2D eigenvalue weighted by atomic mass is 10.3. The molecule has 0 saturated heterocycles. The highest BCUT2D eigenvalue weighted by molar-refractivity contribution is 6.56. The quantitative estimate of drug-likeness (QED) is 0.491. The second-order valence-corrected chi connectivity index (χ2v) is 6.57. The van der Waals surface area contributed by atoms with Gasteiger partial charge in [-0.2, -0.15) is 0 Å². The van der Waals surface area contributed by atoms with E-state index in [1.165, 1.54) is 0 Å². The highest BCUT2D eigenvalue weighted by atomic mass is 35.5. The van der Waals surface area contributed by atoms with Gasteiger partial charge in [0.15, 0.2) is 0 Å². The maximum Gasteiger partial charge on any atom is 0.120 e. The third kappa shape index (κ3) is 10.7. The van der Waals surface area contributed by atoms with Crippen molar-refractivity contribution in [3.05, 3.63) is 45.4 Å². The van der Waals surface area contributed by atoms with Crippen LogP contribution in [0, 0.1) is 0 Å². The van der Waals surface area contributed by atoms with E-state index >= 15 is 0 Å². The van der Waals surface area contributed by atoms with E-state index in [2.05, 4.69) is 0 Å². The zero-order chi connectivity index (χ0) is 17.1. The molecule has 128 valence electrons. The monoisotopic (exact) mass is 398 g/mol. The van der Waals surface area contributed by atoms with Gasteiger partial charge in [0.1, 0.15) is 27.1 Å². The zero-order valence-corrected chi connectivity index (χ0v) is 15.6. The van der Waals surface area contributed by atoms with Crippen LogP contribution in [-0.2, 0) is 4.74 Å². The summed E-state index contributed by atoms with van der Waals surface area (Å²) in [7, 11) is 0. The average molecular weight is 400 g/mol. The Morgan fingerprint density at radius 1 is 0.913 bits per heavy atom. The van der Waals surface area contributed by atoms with E-state index < -0.39 is 0 Å². The van der Waals surface area contributed by atoms with Gasteiger partial charge >= 0.3 is 0 Å². The van der Waals surface area contributed by atoms with Crippen molar-refractivity contribution < 1.29 is 14.2 Å². The molecule has 1 aromatic rings.